The van der Waals surface area contributed by atoms with Gasteiger partial charge in [0, 0.05) is 25.7 Å². The second kappa shape index (κ2) is 7.96. The standard InChI is InChI=1S/C15H30N2O4/c1-15(2,3)21-14(19)16-12-7-6-11(18)10-13(12)17(4)8-9-20-5/h11-13,18H,6-10H2,1-5H3,(H,16,19). The first kappa shape index (κ1) is 18.2. The molecule has 1 saturated carbocycles. The van der Waals surface area contributed by atoms with Crippen LogP contribution >= 0.6 is 0 Å². The molecule has 0 aromatic carbocycles. The van der Waals surface area contributed by atoms with Crippen LogP contribution in [0, 0.1) is 0 Å². The van der Waals surface area contributed by atoms with Gasteiger partial charge in [0.2, 0.25) is 0 Å². The molecule has 124 valence electrons. The summed E-state index contributed by atoms with van der Waals surface area (Å²) in [6.07, 6.45) is 1.41. The van der Waals surface area contributed by atoms with E-state index in [0.29, 0.717) is 19.4 Å². The van der Waals surface area contributed by atoms with E-state index in [1.54, 1.807) is 7.11 Å². The van der Waals surface area contributed by atoms with Crippen LogP contribution in [0.5, 0.6) is 0 Å². The molecule has 0 radical (unpaired) electrons. The van der Waals surface area contributed by atoms with E-state index in [2.05, 4.69) is 10.2 Å². The van der Waals surface area contributed by atoms with Gasteiger partial charge in [0.25, 0.3) is 0 Å². The number of hydrogen-bond donors (Lipinski definition) is 2. The summed E-state index contributed by atoms with van der Waals surface area (Å²) in [5, 5.41) is 12.8. The summed E-state index contributed by atoms with van der Waals surface area (Å²) in [4.78, 5) is 14.1. The molecule has 1 aliphatic rings. The van der Waals surface area contributed by atoms with Gasteiger partial charge in [0.15, 0.2) is 0 Å². The Hall–Kier alpha value is -0.850. The summed E-state index contributed by atoms with van der Waals surface area (Å²) < 4.78 is 10.4. The number of methoxy groups -OCH3 is 1. The summed E-state index contributed by atoms with van der Waals surface area (Å²) in [6.45, 7) is 6.93. The SMILES string of the molecule is COCCN(C)C1CC(O)CCC1NC(=O)OC(C)(C)C. The molecular formula is C15H30N2O4. The Morgan fingerprint density at radius 1 is 1.38 bits per heavy atom. The highest BCUT2D eigenvalue weighted by Gasteiger charge is 2.34. The van der Waals surface area contributed by atoms with Gasteiger partial charge in [-0.15, -0.1) is 0 Å². The van der Waals surface area contributed by atoms with Gasteiger partial charge in [-0.3, -0.25) is 4.90 Å². The molecule has 0 spiro atoms. The van der Waals surface area contributed by atoms with Gasteiger partial charge < -0.3 is 19.9 Å². The van der Waals surface area contributed by atoms with Crippen molar-refractivity contribution in [2.24, 2.45) is 0 Å². The first-order chi connectivity index (χ1) is 9.73. The first-order valence-electron chi connectivity index (χ1n) is 7.59. The van der Waals surface area contributed by atoms with Crippen molar-refractivity contribution < 1.29 is 19.4 Å². The topological polar surface area (TPSA) is 71.0 Å². The summed E-state index contributed by atoms with van der Waals surface area (Å²) in [5.74, 6) is 0. The number of aliphatic hydroxyl groups excluding tert-OH is 1. The fraction of sp³-hybridized carbons (Fsp3) is 0.933. The van der Waals surface area contributed by atoms with Crippen molar-refractivity contribution in [1.82, 2.24) is 10.2 Å². The van der Waals surface area contributed by atoms with Crippen molar-refractivity contribution in [3.63, 3.8) is 0 Å². The number of likely N-dealkylation sites (N-methyl/N-ethyl adjacent to an activating group) is 1. The minimum Gasteiger partial charge on any atom is -0.444 e. The lowest BCUT2D eigenvalue weighted by molar-refractivity contribution is 0.0240. The van der Waals surface area contributed by atoms with Gasteiger partial charge in [0.1, 0.15) is 5.60 Å². The van der Waals surface area contributed by atoms with Crippen molar-refractivity contribution in [3.05, 3.63) is 0 Å². The molecule has 0 aromatic heterocycles. The molecule has 21 heavy (non-hydrogen) atoms. The van der Waals surface area contributed by atoms with Gasteiger partial charge in [-0.05, 0) is 47.1 Å². The molecule has 0 bridgehead atoms. The highest BCUT2D eigenvalue weighted by molar-refractivity contribution is 5.68. The fourth-order valence-electron chi connectivity index (χ4n) is 2.64. The van der Waals surface area contributed by atoms with E-state index in [1.807, 2.05) is 27.8 Å². The van der Waals surface area contributed by atoms with Crippen LogP contribution in [0.4, 0.5) is 4.79 Å². The quantitative estimate of drug-likeness (QED) is 0.802. The van der Waals surface area contributed by atoms with Crippen molar-refractivity contribution >= 4 is 6.09 Å². The molecule has 0 saturated heterocycles. The number of alkyl carbamates (subject to hydrolysis) is 1. The van der Waals surface area contributed by atoms with E-state index in [1.165, 1.54) is 0 Å². The maximum Gasteiger partial charge on any atom is 0.407 e. The van der Waals surface area contributed by atoms with E-state index in [4.69, 9.17) is 9.47 Å². The molecular weight excluding hydrogens is 272 g/mol. The third-order valence-corrected chi connectivity index (χ3v) is 3.71. The summed E-state index contributed by atoms with van der Waals surface area (Å²) in [6, 6.07) is 0.0847. The maximum absolute atomic E-state index is 12.0. The number of hydrogen-bond acceptors (Lipinski definition) is 5. The van der Waals surface area contributed by atoms with E-state index in [0.717, 1.165) is 13.0 Å². The predicted octanol–water partition coefficient (Wildman–Crippen LogP) is 1.37. The largest absolute Gasteiger partial charge is 0.444 e. The average Bonchev–Trinajstić information content (AvgIpc) is 2.35. The zero-order chi connectivity index (χ0) is 16.0. The van der Waals surface area contributed by atoms with Crippen molar-refractivity contribution in [1.29, 1.82) is 0 Å². The first-order valence-corrected chi connectivity index (χ1v) is 7.59. The third-order valence-electron chi connectivity index (χ3n) is 3.71. The van der Waals surface area contributed by atoms with Crippen LogP contribution in [0.1, 0.15) is 40.0 Å². The number of nitrogens with zero attached hydrogens (tertiary/aromatic N) is 1. The number of carbonyl (C=O) groups excluding carboxylic acids is 1. The van der Waals surface area contributed by atoms with E-state index in [-0.39, 0.29) is 18.2 Å². The van der Waals surface area contributed by atoms with Crippen molar-refractivity contribution in [2.75, 3.05) is 27.3 Å². The van der Waals surface area contributed by atoms with Crippen LogP contribution in [-0.2, 0) is 9.47 Å². The molecule has 1 fully saturated rings. The van der Waals surface area contributed by atoms with Gasteiger partial charge in [-0.1, -0.05) is 0 Å². The molecule has 0 aliphatic heterocycles. The normalized spacial score (nSPS) is 26.7. The predicted molar refractivity (Wildman–Crippen MR) is 81.3 cm³/mol. The summed E-state index contributed by atoms with van der Waals surface area (Å²) in [7, 11) is 3.66. The minimum absolute atomic E-state index is 0.00916. The molecule has 3 atom stereocenters. The summed E-state index contributed by atoms with van der Waals surface area (Å²) >= 11 is 0. The van der Waals surface area contributed by atoms with E-state index < -0.39 is 11.7 Å². The molecule has 2 N–H and O–H groups in total. The van der Waals surface area contributed by atoms with Gasteiger partial charge in [-0.2, -0.15) is 0 Å². The molecule has 1 amide bonds. The van der Waals surface area contributed by atoms with Crippen molar-refractivity contribution in [2.45, 2.75) is 63.8 Å². The maximum atomic E-state index is 12.0. The number of rotatable bonds is 5. The lowest BCUT2D eigenvalue weighted by Gasteiger charge is -2.40. The van der Waals surface area contributed by atoms with Crippen LogP contribution in [-0.4, -0.2) is 67.2 Å². The number of aliphatic hydroxyl groups is 1. The Morgan fingerprint density at radius 3 is 2.62 bits per heavy atom. The van der Waals surface area contributed by atoms with E-state index >= 15 is 0 Å². The highest BCUT2D eigenvalue weighted by Crippen LogP contribution is 2.23. The Morgan fingerprint density at radius 2 is 2.05 bits per heavy atom. The second-order valence-corrected chi connectivity index (χ2v) is 6.76. The Bertz CT molecular complexity index is 330. The molecule has 1 aliphatic carbocycles. The molecule has 6 nitrogen and oxygen atoms in total. The number of nitrogens with one attached hydrogen (secondary N) is 1. The Labute approximate surface area is 127 Å². The zero-order valence-electron chi connectivity index (χ0n) is 13.9. The number of amides is 1. The van der Waals surface area contributed by atoms with Gasteiger partial charge >= 0.3 is 6.09 Å². The lowest BCUT2D eigenvalue weighted by atomic mass is 9.87. The lowest BCUT2D eigenvalue weighted by Crippen LogP contribution is -2.55. The third kappa shape index (κ3) is 6.63. The molecule has 6 heteroatoms. The molecule has 0 heterocycles. The van der Waals surface area contributed by atoms with Gasteiger partial charge in [-0.25, -0.2) is 4.79 Å². The van der Waals surface area contributed by atoms with Crippen molar-refractivity contribution in [3.8, 4) is 0 Å². The molecule has 1 rings (SSSR count). The van der Waals surface area contributed by atoms with E-state index in [9.17, 15) is 9.90 Å². The van der Waals surface area contributed by atoms with Crippen LogP contribution in [0.15, 0.2) is 0 Å². The van der Waals surface area contributed by atoms with Crippen LogP contribution < -0.4 is 5.32 Å². The average molecular weight is 302 g/mol. The van der Waals surface area contributed by atoms with Crippen LogP contribution in [0.2, 0.25) is 0 Å². The fourth-order valence-corrected chi connectivity index (χ4v) is 2.64. The van der Waals surface area contributed by atoms with Gasteiger partial charge in [0.05, 0.1) is 12.7 Å². The van der Waals surface area contributed by atoms with Crippen LogP contribution in [0.25, 0.3) is 0 Å². The Kier molecular flexibility index (Phi) is 6.90. The minimum atomic E-state index is -0.504. The Balaban J connectivity index is 2.61. The smallest absolute Gasteiger partial charge is 0.407 e. The monoisotopic (exact) mass is 302 g/mol. The summed E-state index contributed by atoms with van der Waals surface area (Å²) in [5.41, 5.74) is -0.504. The number of ether oxygens (including phenoxy) is 2. The highest BCUT2D eigenvalue weighted by atomic mass is 16.6. The zero-order valence-corrected chi connectivity index (χ0v) is 13.9. The second-order valence-electron chi connectivity index (χ2n) is 6.76. The molecule has 0 aromatic rings. The number of carbonyl (C=O) groups is 1. The van der Waals surface area contributed by atoms with Crippen LogP contribution in [0.3, 0.4) is 0 Å². The molecule has 3 unspecified atom stereocenters.